The van der Waals surface area contributed by atoms with Crippen molar-refractivity contribution in [3.63, 3.8) is 0 Å². The Morgan fingerprint density at radius 1 is 1.36 bits per heavy atom. The zero-order valence-corrected chi connectivity index (χ0v) is 8.64. The van der Waals surface area contributed by atoms with Crippen molar-refractivity contribution in [2.24, 2.45) is 5.73 Å². The number of halogens is 1. The van der Waals surface area contributed by atoms with Gasteiger partial charge in [-0.25, -0.2) is 4.39 Å². The van der Waals surface area contributed by atoms with Crippen molar-refractivity contribution >= 4 is 11.8 Å². The summed E-state index contributed by atoms with van der Waals surface area (Å²) < 4.78 is 12.5. The Morgan fingerprint density at radius 3 is 2.57 bits per heavy atom. The fourth-order valence-corrected chi connectivity index (χ4v) is 1.88. The van der Waals surface area contributed by atoms with Crippen molar-refractivity contribution in [2.75, 3.05) is 12.3 Å². The molecule has 1 rings (SSSR count). The number of rotatable bonds is 5. The second-order valence-corrected chi connectivity index (χ2v) is 4.09. The van der Waals surface area contributed by atoms with Gasteiger partial charge in [-0.1, -0.05) is 0 Å². The molecular weight excluding hydrogens is 201 g/mol. The maximum atomic E-state index is 12.5. The van der Waals surface area contributed by atoms with E-state index in [-0.39, 0.29) is 11.9 Å². The van der Waals surface area contributed by atoms with Gasteiger partial charge in [-0.3, -0.25) is 0 Å². The van der Waals surface area contributed by atoms with Crippen molar-refractivity contribution < 1.29 is 9.50 Å². The fraction of sp³-hybridized carbons (Fsp3) is 0.400. The van der Waals surface area contributed by atoms with E-state index in [0.29, 0.717) is 18.7 Å². The molecule has 0 radical (unpaired) electrons. The summed E-state index contributed by atoms with van der Waals surface area (Å²) in [6.07, 6.45) is 0.226. The van der Waals surface area contributed by atoms with Crippen LogP contribution in [0, 0.1) is 5.82 Å². The van der Waals surface area contributed by atoms with Crippen LogP contribution in [0.5, 0.6) is 0 Å². The summed E-state index contributed by atoms with van der Waals surface area (Å²) >= 11 is 1.50. The summed E-state index contributed by atoms with van der Waals surface area (Å²) in [5, 5.41) is 9.39. The molecule has 0 aliphatic heterocycles. The molecule has 3 N–H and O–H groups in total. The number of hydrogen-bond donors (Lipinski definition) is 2. The van der Waals surface area contributed by atoms with E-state index in [0.717, 1.165) is 4.90 Å². The normalized spacial score (nSPS) is 12.8. The van der Waals surface area contributed by atoms with Crippen LogP contribution in [0.15, 0.2) is 29.2 Å². The summed E-state index contributed by atoms with van der Waals surface area (Å²) in [6.45, 7) is 0.491. The molecule has 14 heavy (non-hydrogen) atoms. The number of nitrogens with two attached hydrogens (primary N) is 1. The molecule has 0 bridgehead atoms. The zero-order chi connectivity index (χ0) is 10.4. The molecule has 0 saturated heterocycles. The predicted octanol–water partition coefficient (Wildman–Crippen LogP) is 1.63. The third kappa shape index (κ3) is 4.09. The van der Waals surface area contributed by atoms with E-state index < -0.39 is 0 Å². The first-order valence-electron chi connectivity index (χ1n) is 4.49. The molecule has 0 aliphatic carbocycles. The SMILES string of the molecule is NCCC(O)CSc1ccc(F)cc1. The molecule has 78 valence electrons. The first-order valence-corrected chi connectivity index (χ1v) is 5.47. The summed E-state index contributed by atoms with van der Waals surface area (Å²) in [5.41, 5.74) is 5.30. The van der Waals surface area contributed by atoms with Gasteiger partial charge in [0.05, 0.1) is 6.10 Å². The minimum absolute atomic E-state index is 0.239. The van der Waals surface area contributed by atoms with Crippen LogP contribution in [0.2, 0.25) is 0 Å². The lowest BCUT2D eigenvalue weighted by molar-refractivity contribution is 0.192. The monoisotopic (exact) mass is 215 g/mol. The van der Waals surface area contributed by atoms with Crippen LogP contribution in [-0.2, 0) is 0 Å². The Morgan fingerprint density at radius 2 is 2.00 bits per heavy atom. The highest BCUT2D eigenvalue weighted by Gasteiger charge is 2.03. The molecule has 1 unspecified atom stereocenters. The molecule has 0 heterocycles. The van der Waals surface area contributed by atoms with Gasteiger partial charge >= 0.3 is 0 Å². The van der Waals surface area contributed by atoms with Crippen molar-refractivity contribution in [3.05, 3.63) is 30.1 Å². The lowest BCUT2D eigenvalue weighted by Gasteiger charge is -2.08. The Bertz CT molecular complexity index is 265. The van der Waals surface area contributed by atoms with Crippen molar-refractivity contribution in [2.45, 2.75) is 17.4 Å². The maximum absolute atomic E-state index is 12.5. The molecule has 2 nitrogen and oxygen atoms in total. The van der Waals surface area contributed by atoms with Gasteiger partial charge in [0.25, 0.3) is 0 Å². The van der Waals surface area contributed by atoms with E-state index in [1.165, 1.54) is 23.9 Å². The number of thioether (sulfide) groups is 1. The largest absolute Gasteiger partial charge is 0.392 e. The molecule has 1 aromatic rings. The zero-order valence-electron chi connectivity index (χ0n) is 7.82. The van der Waals surface area contributed by atoms with E-state index in [1.807, 2.05) is 0 Å². The maximum Gasteiger partial charge on any atom is 0.123 e. The molecule has 1 atom stereocenters. The van der Waals surface area contributed by atoms with Gasteiger partial charge in [0.15, 0.2) is 0 Å². The first kappa shape index (κ1) is 11.5. The van der Waals surface area contributed by atoms with Crippen LogP contribution in [0.25, 0.3) is 0 Å². The average Bonchev–Trinajstić information content (AvgIpc) is 2.17. The molecule has 1 aromatic carbocycles. The lowest BCUT2D eigenvalue weighted by atomic mass is 10.3. The average molecular weight is 215 g/mol. The molecule has 0 aromatic heterocycles. The molecule has 4 heteroatoms. The van der Waals surface area contributed by atoms with Gasteiger partial charge in [0, 0.05) is 10.6 Å². The molecule has 0 aliphatic rings. The first-order chi connectivity index (χ1) is 6.72. The second-order valence-electron chi connectivity index (χ2n) is 3.00. The summed E-state index contributed by atoms with van der Waals surface area (Å²) in [7, 11) is 0. The van der Waals surface area contributed by atoms with Crippen LogP contribution in [0.4, 0.5) is 4.39 Å². The van der Waals surface area contributed by atoms with Gasteiger partial charge in [0.1, 0.15) is 5.82 Å². The van der Waals surface area contributed by atoms with Crippen molar-refractivity contribution in [3.8, 4) is 0 Å². The molecule has 0 saturated carbocycles. The quantitative estimate of drug-likeness (QED) is 0.734. The second kappa shape index (κ2) is 6.01. The number of hydrogen-bond acceptors (Lipinski definition) is 3. The van der Waals surface area contributed by atoms with Gasteiger partial charge in [-0.15, -0.1) is 11.8 Å². The minimum atomic E-state index is -0.380. The van der Waals surface area contributed by atoms with Gasteiger partial charge in [0.2, 0.25) is 0 Å². The Labute approximate surface area is 87.3 Å². The summed E-state index contributed by atoms with van der Waals surface area (Å²) in [6, 6.07) is 6.24. The smallest absolute Gasteiger partial charge is 0.123 e. The molecular formula is C10H14FNOS. The molecule has 0 spiro atoms. The Hall–Kier alpha value is -0.580. The topological polar surface area (TPSA) is 46.2 Å². The number of aliphatic hydroxyl groups is 1. The van der Waals surface area contributed by atoms with E-state index >= 15 is 0 Å². The Balaban J connectivity index is 2.34. The van der Waals surface area contributed by atoms with Gasteiger partial charge < -0.3 is 10.8 Å². The van der Waals surface area contributed by atoms with Crippen LogP contribution in [-0.4, -0.2) is 23.5 Å². The van der Waals surface area contributed by atoms with Crippen LogP contribution in [0.1, 0.15) is 6.42 Å². The third-order valence-corrected chi connectivity index (χ3v) is 2.91. The summed E-state index contributed by atoms with van der Waals surface area (Å²) in [4.78, 5) is 0.961. The number of aliphatic hydroxyl groups excluding tert-OH is 1. The highest BCUT2D eigenvalue weighted by atomic mass is 32.2. The van der Waals surface area contributed by atoms with Crippen LogP contribution < -0.4 is 5.73 Å². The van der Waals surface area contributed by atoms with Gasteiger partial charge in [-0.2, -0.15) is 0 Å². The minimum Gasteiger partial charge on any atom is -0.392 e. The van der Waals surface area contributed by atoms with Crippen LogP contribution in [0.3, 0.4) is 0 Å². The number of benzene rings is 1. The lowest BCUT2D eigenvalue weighted by Crippen LogP contribution is -2.15. The molecule has 0 fully saturated rings. The van der Waals surface area contributed by atoms with Crippen molar-refractivity contribution in [1.82, 2.24) is 0 Å². The van der Waals surface area contributed by atoms with E-state index in [1.54, 1.807) is 12.1 Å². The third-order valence-electron chi connectivity index (χ3n) is 1.76. The predicted molar refractivity (Wildman–Crippen MR) is 56.8 cm³/mol. The molecule has 0 amide bonds. The van der Waals surface area contributed by atoms with Crippen LogP contribution >= 0.6 is 11.8 Å². The summed E-state index contributed by atoms with van der Waals surface area (Å²) in [5.74, 6) is 0.361. The fourth-order valence-electron chi connectivity index (χ4n) is 0.999. The highest BCUT2D eigenvalue weighted by Crippen LogP contribution is 2.19. The van der Waals surface area contributed by atoms with Crippen molar-refractivity contribution in [1.29, 1.82) is 0 Å². The standard InChI is InChI=1S/C10H14FNOS/c11-8-1-3-10(4-2-8)14-7-9(13)5-6-12/h1-4,9,13H,5-7,12H2. The Kier molecular flexibility index (Phi) is 4.93. The van der Waals surface area contributed by atoms with Gasteiger partial charge in [-0.05, 0) is 37.2 Å². The highest BCUT2D eigenvalue weighted by molar-refractivity contribution is 7.99. The van der Waals surface area contributed by atoms with E-state index in [9.17, 15) is 9.50 Å². The van der Waals surface area contributed by atoms with E-state index in [4.69, 9.17) is 5.73 Å². The van der Waals surface area contributed by atoms with E-state index in [2.05, 4.69) is 0 Å².